The number of aryl methyl sites for hydroxylation is 1. The number of methoxy groups -OCH3 is 1. The van der Waals surface area contributed by atoms with Gasteiger partial charge in [-0.2, -0.15) is 5.10 Å². The van der Waals surface area contributed by atoms with Crippen LogP contribution < -0.4 is 5.32 Å². The number of ether oxygens (including phenoxy) is 1. The molecular weight excluding hydrogens is 322 g/mol. The Morgan fingerprint density at radius 3 is 3.12 bits per heavy atom. The minimum absolute atomic E-state index is 0.00853. The fraction of sp³-hybridized carbons (Fsp3) is 0.588. The van der Waals surface area contributed by atoms with Gasteiger partial charge in [0.05, 0.1) is 17.5 Å². The topological polar surface area (TPSA) is 96.3 Å². The maximum absolute atomic E-state index is 13.0. The Labute approximate surface area is 145 Å². The number of amides is 1. The minimum atomic E-state index is -0.0160. The molecule has 0 unspecified atom stereocenters. The first kappa shape index (κ1) is 16.3. The molecule has 2 aliphatic heterocycles. The molecule has 2 N–H and O–H groups in total. The molecule has 8 heteroatoms. The molecule has 2 aliphatic rings. The van der Waals surface area contributed by atoms with E-state index in [1.54, 1.807) is 7.11 Å². The minimum Gasteiger partial charge on any atom is -0.379 e. The van der Waals surface area contributed by atoms with E-state index in [2.05, 4.69) is 20.7 Å². The highest BCUT2D eigenvalue weighted by Crippen LogP contribution is 2.26. The van der Waals surface area contributed by atoms with Crippen LogP contribution in [-0.4, -0.2) is 59.0 Å². The molecule has 0 spiro atoms. The highest BCUT2D eigenvalue weighted by atomic mass is 16.5. The Morgan fingerprint density at radius 2 is 2.36 bits per heavy atom. The van der Waals surface area contributed by atoms with Gasteiger partial charge in [-0.3, -0.25) is 9.89 Å². The molecule has 0 aromatic carbocycles. The van der Waals surface area contributed by atoms with Crippen LogP contribution in [0.4, 0.5) is 0 Å². The zero-order valence-electron chi connectivity index (χ0n) is 14.5. The number of H-pyrrole nitrogens is 1. The number of hydrogen-bond acceptors (Lipinski definition) is 6. The molecular formula is C17H23N5O3. The van der Waals surface area contributed by atoms with E-state index in [0.29, 0.717) is 25.2 Å². The molecule has 1 amide bonds. The van der Waals surface area contributed by atoms with Crippen LogP contribution in [-0.2, 0) is 24.1 Å². The average molecular weight is 345 g/mol. The fourth-order valence-electron chi connectivity index (χ4n) is 3.81. The van der Waals surface area contributed by atoms with Gasteiger partial charge in [-0.15, -0.1) is 0 Å². The SMILES string of the molecule is CO[C@@H]1CN(C(=O)c2n[nH]c3c2CCNC3)C[C@H]1Cc1cc(C)no1. The van der Waals surface area contributed by atoms with Crippen molar-refractivity contribution >= 4 is 5.91 Å². The number of aromatic amines is 1. The van der Waals surface area contributed by atoms with Crippen LogP contribution in [0.25, 0.3) is 0 Å². The molecule has 25 heavy (non-hydrogen) atoms. The molecule has 2 aromatic rings. The highest BCUT2D eigenvalue weighted by Gasteiger charge is 2.38. The van der Waals surface area contributed by atoms with Crippen LogP contribution in [0, 0.1) is 12.8 Å². The van der Waals surface area contributed by atoms with Crippen LogP contribution in [0.15, 0.2) is 10.6 Å². The van der Waals surface area contributed by atoms with Gasteiger partial charge in [0.1, 0.15) is 5.76 Å². The number of carbonyl (C=O) groups is 1. The van der Waals surface area contributed by atoms with Crippen LogP contribution >= 0.6 is 0 Å². The zero-order valence-corrected chi connectivity index (χ0v) is 14.5. The van der Waals surface area contributed by atoms with Crippen molar-refractivity contribution in [1.29, 1.82) is 0 Å². The molecule has 1 fully saturated rings. The quantitative estimate of drug-likeness (QED) is 0.846. The van der Waals surface area contributed by atoms with E-state index in [1.807, 2.05) is 17.9 Å². The standard InChI is InChI=1S/C17H23N5O3/c1-10-5-12(25-21-10)6-11-8-22(9-15(11)24-2)17(23)16-13-3-4-18-7-14(13)19-20-16/h5,11,15,18H,3-4,6-9H2,1-2H3,(H,19,20)/t11-,15-/m1/s1. The van der Waals surface area contributed by atoms with E-state index >= 15 is 0 Å². The summed E-state index contributed by atoms with van der Waals surface area (Å²) in [5.41, 5.74) is 3.49. The predicted molar refractivity (Wildman–Crippen MR) is 89.1 cm³/mol. The molecule has 0 aliphatic carbocycles. The summed E-state index contributed by atoms with van der Waals surface area (Å²) in [6.45, 7) is 4.73. The Bertz CT molecular complexity index is 768. The maximum Gasteiger partial charge on any atom is 0.274 e. The van der Waals surface area contributed by atoms with Gasteiger partial charge in [-0.25, -0.2) is 0 Å². The molecule has 0 bridgehead atoms. The van der Waals surface area contributed by atoms with E-state index in [0.717, 1.165) is 42.2 Å². The summed E-state index contributed by atoms with van der Waals surface area (Å²) in [5, 5.41) is 14.5. The van der Waals surface area contributed by atoms with Gasteiger partial charge in [-0.05, 0) is 19.9 Å². The van der Waals surface area contributed by atoms with E-state index in [4.69, 9.17) is 9.26 Å². The van der Waals surface area contributed by atoms with Crippen molar-refractivity contribution in [3.63, 3.8) is 0 Å². The molecule has 134 valence electrons. The van der Waals surface area contributed by atoms with Crippen LogP contribution in [0.5, 0.6) is 0 Å². The summed E-state index contributed by atoms with van der Waals surface area (Å²) in [6, 6.07) is 1.94. The first-order valence-electron chi connectivity index (χ1n) is 8.66. The van der Waals surface area contributed by atoms with Crippen molar-refractivity contribution in [3.05, 3.63) is 34.5 Å². The second-order valence-electron chi connectivity index (χ2n) is 6.84. The van der Waals surface area contributed by atoms with Crippen LogP contribution in [0.1, 0.15) is 33.2 Å². The monoisotopic (exact) mass is 345 g/mol. The predicted octanol–water partition coefficient (Wildman–Crippen LogP) is 0.682. The average Bonchev–Trinajstić information content (AvgIpc) is 3.33. The number of fused-ring (bicyclic) bond motifs is 1. The Kier molecular flexibility index (Phi) is 4.30. The molecule has 2 aromatic heterocycles. The summed E-state index contributed by atoms with van der Waals surface area (Å²) in [6.07, 6.45) is 1.53. The summed E-state index contributed by atoms with van der Waals surface area (Å²) in [5.74, 6) is 1.01. The van der Waals surface area contributed by atoms with Crippen molar-refractivity contribution in [1.82, 2.24) is 25.6 Å². The molecule has 4 heterocycles. The lowest BCUT2D eigenvalue weighted by atomic mass is 10.0. The zero-order chi connectivity index (χ0) is 17.4. The lowest BCUT2D eigenvalue weighted by Crippen LogP contribution is -2.32. The van der Waals surface area contributed by atoms with Gasteiger partial charge in [0.25, 0.3) is 5.91 Å². The van der Waals surface area contributed by atoms with Crippen molar-refractivity contribution in [2.75, 3.05) is 26.7 Å². The normalized spacial score (nSPS) is 23.0. The molecule has 4 rings (SSSR count). The second-order valence-corrected chi connectivity index (χ2v) is 6.84. The lowest BCUT2D eigenvalue weighted by molar-refractivity contribution is 0.0668. The van der Waals surface area contributed by atoms with E-state index in [-0.39, 0.29) is 17.9 Å². The number of hydrogen-bond donors (Lipinski definition) is 2. The van der Waals surface area contributed by atoms with Gasteiger partial charge >= 0.3 is 0 Å². The van der Waals surface area contributed by atoms with Crippen LogP contribution in [0.3, 0.4) is 0 Å². The first-order valence-corrected chi connectivity index (χ1v) is 8.66. The molecule has 2 atom stereocenters. The Morgan fingerprint density at radius 1 is 1.48 bits per heavy atom. The van der Waals surface area contributed by atoms with Crippen molar-refractivity contribution in [2.45, 2.75) is 32.4 Å². The third kappa shape index (κ3) is 3.07. The number of aromatic nitrogens is 3. The second kappa shape index (κ2) is 6.61. The van der Waals surface area contributed by atoms with E-state index in [9.17, 15) is 4.79 Å². The summed E-state index contributed by atoms with van der Waals surface area (Å²) < 4.78 is 10.9. The van der Waals surface area contributed by atoms with Gasteiger partial charge in [-0.1, -0.05) is 5.16 Å². The third-order valence-corrected chi connectivity index (χ3v) is 5.12. The number of nitrogens with one attached hydrogen (secondary N) is 2. The number of carbonyl (C=O) groups excluding carboxylic acids is 1. The molecule has 8 nitrogen and oxygen atoms in total. The Hall–Kier alpha value is -2.19. The lowest BCUT2D eigenvalue weighted by Gasteiger charge is -2.17. The van der Waals surface area contributed by atoms with Crippen molar-refractivity contribution in [3.8, 4) is 0 Å². The van der Waals surface area contributed by atoms with Crippen LogP contribution in [0.2, 0.25) is 0 Å². The highest BCUT2D eigenvalue weighted by molar-refractivity contribution is 5.94. The largest absolute Gasteiger partial charge is 0.379 e. The summed E-state index contributed by atoms with van der Waals surface area (Å²) in [4.78, 5) is 14.8. The van der Waals surface area contributed by atoms with Crippen molar-refractivity contribution < 1.29 is 14.1 Å². The molecule has 0 saturated carbocycles. The number of rotatable bonds is 4. The van der Waals surface area contributed by atoms with Gasteiger partial charge in [0.2, 0.25) is 0 Å². The Balaban J connectivity index is 1.49. The maximum atomic E-state index is 13.0. The van der Waals surface area contributed by atoms with E-state index in [1.165, 1.54) is 0 Å². The van der Waals surface area contributed by atoms with Gasteiger partial charge < -0.3 is 19.5 Å². The molecule has 0 radical (unpaired) electrons. The summed E-state index contributed by atoms with van der Waals surface area (Å²) in [7, 11) is 1.69. The fourth-order valence-corrected chi connectivity index (χ4v) is 3.81. The van der Waals surface area contributed by atoms with Gasteiger partial charge in [0.15, 0.2) is 5.69 Å². The van der Waals surface area contributed by atoms with Gasteiger partial charge in [0, 0.05) is 50.7 Å². The summed E-state index contributed by atoms with van der Waals surface area (Å²) >= 11 is 0. The smallest absolute Gasteiger partial charge is 0.274 e. The molecule has 1 saturated heterocycles. The third-order valence-electron chi connectivity index (χ3n) is 5.12. The van der Waals surface area contributed by atoms with E-state index < -0.39 is 0 Å². The number of likely N-dealkylation sites (tertiary alicyclic amines) is 1. The first-order chi connectivity index (χ1) is 12.2. The van der Waals surface area contributed by atoms with Crippen molar-refractivity contribution in [2.24, 2.45) is 5.92 Å². The number of nitrogens with zero attached hydrogens (tertiary/aromatic N) is 3.